The van der Waals surface area contributed by atoms with Crippen LogP contribution in [0.1, 0.15) is 33.6 Å². The third kappa shape index (κ3) is 5.73. The number of ketones is 1. The lowest BCUT2D eigenvalue weighted by molar-refractivity contribution is -0.385. The number of alkyl halides is 1. The van der Waals surface area contributed by atoms with Crippen LogP contribution in [0.15, 0.2) is 48.5 Å². The zero-order valence-corrected chi connectivity index (χ0v) is 18.4. The number of ether oxygens (including phenoxy) is 1. The molecule has 1 fully saturated rings. The van der Waals surface area contributed by atoms with E-state index in [4.69, 9.17) is 16.3 Å². The number of Topliss-reactive ketones (excluding diaryl/α,β-unsaturated/α-hetero) is 1. The van der Waals surface area contributed by atoms with Gasteiger partial charge in [-0.3, -0.25) is 39.7 Å². The van der Waals surface area contributed by atoms with Crippen LogP contribution in [0.2, 0.25) is 0 Å². The summed E-state index contributed by atoms with van der Waals surface area (Å²) in [5.74, 6) is -4.42. The Morgan fingerprint density at radius 2 is 1.88 bits per heavy atom. The first-order valence-electron chi connectivity index (χ1n) is 10.1. The number of nitro groups is 1. The van der Waals surface area contributed by atoms with Gasteiger partial charge in [0.15, 0.2) is 6.10 Å². The van der Waals surface area contributed by atoms with Gasteiger partial charge in [-0.2, -0.15) is 0 Å². The molecule has 2 atom stereocenters. The summed E-state index contributed by atoms with van der Waals surface area (Å²) in [6, 6.07) is 9.92. The maximum atomic E-state index is 13.1. The molecule has 0 aliphatic carbocycles. The maximum absolute atomic E-state index is 13.1. The molecule has 2 amide bonds. The standard InChI is InChI=1S/C22H19ClFN3O7/c23-10-9-18(20(29)13-5-7-15(24)8-6-13)34-22(31)14-11-19(28)26(12-14)25-21(30)16-3-1-2-4-17(16)27(32)33/h1-8,14,18H,9-12H2,(H,25,30)/t14-,18-/m1/s1. The highest BCUT2D eigenvalue weighted by molar-refractivity contribution is 6.18. The number of nitrogens with one attached hydrogen (secondary N) is 1. The van der Waals surface area contributed by atoms with Crippen molar-refractivity contribution in [2.45, 2.75) is 18.9 Å². The molecule has 0 unspecified atom stereocenters. The number of nitro benzene ring substituents is 1. The normalized spacial score (nSPS) is 16.1. The number of rotatable bonds is 9. The molecule has 3 rings (SSSR count). The Bertz CT molecular complexity index is 1130. The second-order valence-corrected chi connectivity index (χ2v) is 7.77. The molecule has 1 saturated heterocycles. The second-order valence-electron chi connectivity index (χ2n) is 7.39. The van der Waals surface area contributed by atoms with Gasteiger partial charge >= 0.3 is 5.97 Å². The number of amides is 2. The number of carbonyl (C=O) groups is 4. The topological polar surface area (TPSA) is 136 Å². The highest BCUT2D eigenvalue weighted by Gasteiger charge is 2.38. The molecule has 1 heterocycles. The Labute approximate surface area is 197 Å². The van der Waals surface area contributed by atoms with E-state index < -0.39 is 52.0 Å². The van der Waals surface area contributed by atoms with Gasteiger partial charge in [0.05, 0.1) is 17.4 Å². The summed E-state index contributed by atoms with van der Waals surface area (Å²) in [7, 11) is 0. The molecule has 0 aromatic heterocycles. The van der Waals surface area contributed by atoms with Crippen molar-refractivity contribution in [1.29, 1.82) is 0 Å². The summed E-state index contributed by atoms with van der Waals surface area (Å²) < 4.78 is 18.4. The minimum absolute atomic E-state index is 0.00228. The van der Waals surface area contributed by atoms with Crippen LogP contribution in [0, 0.1) is 21.8 Å². The minimum atomic E-state index is -1.24. The van der Waals surface area contributed by atoms with Crippen LogP contribution in [-0.2, 0) is 14.3 Å². The van der Waals surface area contributed by atoms with Crippen molar-refractivity contribution in [3.63, 3.8) is 0 Å². The highest BCUT2D eigenvalue weighted by atomic mass is 35.5. The van der Waals surface area contributed by atoms with E-state index in [-0.39, 0.29) is 36.4 Å². The van der Waals surface area contributed by atoms with Gasteiger partial charge in [-0.15, -0.1) is 11.6 Å². The Morgan fingerprint density at radius 1 is 1.21 bits per heavy atom. The molecule has 2 aromatic rings. The minimum Gasteiger partial charge on any atom is -0.454 e. The molecule has 0 bridgehead atoms. The first kappa shape index (κ1) is 24.8. The van der Waals surface area contributed by atoms with Crippen LogP contribution in [0.5, 0.6) is 0 Å². The number of esters is 1. The number of carbonyl (C=O) groups excluding carboxylic acids is 4. The number of hydrogen-bond acceptors (Lipinski definition) is 7. The monoisotopic (exact) mass is 491 g/mol. The lowest BCUT2D eigenvalue weighted by atomic mass is 10.0. The molecule has 0 spiro atoms. The summed E-state index contributed by atoms with van der Waals surface area (Å²) in [6.45, 7) is -0.248. The van der Waals surface area contributed by atoms with Gasteiger partial charge in [0.25, 0.3) is 11.6 Å². The van der Waals surface area contributed by atoms with E-state index in [9.17, 15) is 33.7 Å². The van der Waals surface area contributed by atoms with E-state index in [1.165, 1.54) is 30.3 Å². The quantitative estimate of drug-likeness (QED) is 0.187. The van der Waals surface area contributed by atoms with E-state index in [1.54, 1.807) is 0 Å². The van der Waals surface area contributed by atoms with Crippen LogP contribution in [0.4, 0.5) is 10.1 Å². The van der Waals surface area contributed by atoms with E-state index in [0.717, 1.165) is 23.2 Å². The van der Waals surface area contributed by atoms with Crippen molar-refractivity contribution in [3.05, 3.63) is 75.6 Å². The fourth-order valence-electron chi connectivity index (χ4n) is 3.36. The molecule has 2 aromatic carbocycles. The van der Waals surface area contributed by atoms with Crippen molar-refractivity contribution in [3.8, 4) is 0 Å². The average molecular weight is 492 g/mol. The smallest absolute Gasteiger partial charge is 0.312 e. The van der Waals surface area contributed by atoms with Crippen LogP contribution >= 0.6 is 11.6 Å². The van der Waals surface area contributed by atoms with Crippen LogP contribution in [-0.4, -0.2) is 52.0 Å². The lowest BCUT2D eigenvalue weighted by Crippen LogP contribution is -2.43. The van der Waals surface area contributed by atoms with Gasteiger partial charge < -0.3 is 4.74 Å². The zero-order valence-electron chi connectivity index (χ0n) is 17.6. The Balaban J connectivity index is 1.65. The fraction of sp³-hybridized carbons (Fsp3) is 0.273. The number of benzene rings is 2. The maximum Gasteiger partial charge on any atom is 0.312 e. The van der Waals surface area contributed by atoms with Crippen molar-refractivity contribution in [2.24, 2.45) is 5.92 Å². The van der Waals surface area contributed by atoms with E-state index in [2.05, 4.69) is 5.43 Å². The van der Waals surface area contributed by atoms with Crippen LogP contribution < -0.4 is 5.43 Å². The SMILES string of the molecule is O=C(NN1C[C@H](C(=O)O[C@H](CCCl)C(=O)c2ccc(F)cc2)CC1=O)c1ccccc1[N+](=O)[O-]. The van der Waals surface area contributed by atoms with E-state index in [1.807, 2.05) is 0 Å². The van der Waals surface area contributed by atoms with Gasteiger partial charge in [-0.05, 0) is 30.3 Å². The van der Waals surface area contributed by atoms with E-state index in [0.29, 0.717) is 0 Å². The summed E-state index contributed by atoms with van der Waals surface area (Å²) >= 11 is 5.73. The number of para-hydroxylation sites is 1. The summed E-state index contributed by atoms with van der Waals surface area (Å²) in [5, 5.41) is 12.0. The molecule has 0 radical (unpaired) electrons. The predicted octanol–water partition coefficient (Wildman–Crippen LogP) is 2.65. The first-order chi connectivity index (χ1) is 16.2. The van der Waals surface area contributed by atoms with E-state index >= 15 is 0 Å². The highest BCUT2D eigenvalue weighted by Crippen LogP contribution is 2.22. The van der Waals surface area contributed by atoms with Gasteiger partial charge in [0, 0.05) is 30.4 Å². The Hall–Kier alpha value is -3.86. The number of halogens is 2. The van der Waals surface area contributed by atoms with Gasteiger partial charge in [0.1, 0.15) is 11.4 Å². The Kier molecular flexibility index (Phi) is 7.90. The predicted molar refractivity (Wildman–Crippen MR) is 116 cm³/mol. The number of hydrazine groups is 1. The van der Waals surface area contributed by atoms with Crippen molar-refractivity contribution < 1.29 is 33.2 Å². The van der Waals surface area contributed by atoms with Gasteiger partial charge in [-0.25, -0.2) is 4.39 Å². The molecule has 34 heavy (non-hydrogen) atoms. The molecule has 1 aliphatic heterocycles. The first-order valence-corrected chi connectivity index (χ1v) is 10.7. The molecule has 1 aliphatic rings. The zero-order chi connectivity index (χ0) is 24.8. The van der Waals surface area contributed by atoms with Crippen LogP contribution in [0.25, 0.3) is 0 Å². The van der Waals surface area contributed by atoms with Crippen molar-refractivity contribution in [2.75, 3.05) is 12.4 Å². The summed E-state index contributed by atoms with van der Waals surface area (Å²) in [4.78, 5) is 60.5. The second kappa shape index (κ2) is 10.8. The number of hydrogen-bond donors (Lipinski definition) is 1. The molecular weight excluding hydrogens is 473 g/mol. The third-order valence-corrected chi connectivity index (χ3v) is 5.31. The van der Waals surface area contributed by atoms with Crippen LogP contribution in [0.3, 0.4) is 0 Å². The molecular formula is C22H19ClFN3O7. The average Bonchev–Trinajstić information content (AvgIpc) is 3.18. The molecule has 0 saturated carbocycles. The Morgan fingerprint density at radius 3 is 2.53 bits per heavy atom. The lowest BCUT2D eigenvalue weighted by Gasteiger charge is -2.19. The number of nitrogens with zero attached hydrogens (tertiary/aromatic N) is 2. The van der Waals surface area contributed by atoms with Crippen molar-refractivity contribution >= 4 is 40.9 Å². The van der Waals surface area contributed by atoms with Crippen molar-refractivity contribution in [1.82, 2.24) is 10.4 Å². The molecule has 12 heteroatoms. The molecule has 10 nitrogen and oxygen atoms in total. The largest absolute Gasteiger partial charge is 0.454 e. The summed E-state index contributed by atoms with van der Waals surface area (Å²) in [6.07, 6.45) is -1.53. The molecule has 178 valence electrons. The third-order valence-electron chi connectivity index (χ3n) is 5.09. The fourth-order valence-corrected chi connectivity index (χ4v) is 3.56. The van der Waals surface area contributed by atoms with Gasteiger partial charge in [0.2, 0.25) is 11.7 Å². The molecule has 1 N–H and O–H groups in total. The van der Waals surface area contributed by atoms with Gasteiger partial charge in [-0.1, -0.05) is 12.1 Å². The summed E-state index contributed by atoms with van der Waals surface area (Å²) in [5.41, 5.74) is 1.71.